The summed E-state index contributed by atoms with van der Waals surface area (Å²) < 4.78 is 5.60. The van der Waals surface area contributed by atoms with Crippen molar-refractivity contribution in [1.82, 2.24) is 0 Å². The van der Waals surface area contributed by atoms with E-state index in [1.54, 1.807) is 0 Å². The van der Waals surface area contributed by atoms with E-state index >= 15 is 0 Å². The fourth-order valence-corrected chi connectivity index (χ4v) is 2.11. The van der Waals surface area contributed by atoms with E-state index in [9.17, 15) is 5.11 Å². The van der Waals surface area contributed by atoms with Gasteiger partial charge < -0.3 is 15.2 Å². The largest absolute Gasteiger partial charge is 0.491 e. The fourth-order valence-electron chi connectivity index (χ4n) is 2.11. The number of aliphatic hydroxyl groups excluding tert-OH is 1. The van der Waals surface area contributed by atoms with Crippen molar-refractivity contribution in [2.24, 2.45) is 0 Å². The van der Waals surface area contributed by atoms with Crippen LogP contribution in [0.4, 0.5) is 5.69 Å². The Bertz CT molecular complexity index is 596. The van der Waals surface area contributed by atoms with Gasteiger partial charge in [0.15, 0.2) is 0 Å². The third-order valence-corrected chi connectivity index (χ3v) is 3.35. The number of hydrogen-bond acceptors (Lipinski definition) is 3. The van der Waals surface area contributed by atoms with Gasteiger partial charge in [0.25, 0.3) is 0 Å². The average Bonchev–Trinajstić information content (AvgIpc) is 2.46. The van der Waals surface area contributed by atoms with Crippen LogP contribution >= 0.6 is 0 Å². The minimum Gasteiger partial charge on any atom is -0.491 e. The number of hydrogen-bond donors (Lipinski definition) is 2. The lowest BCUT2D eigenvalue weighted by Gasteiger charge is -2.16. The monoisotopic (exact) mass is 285 g/mol. The van der Waals surface area contributed by atoms with Crippen molar-refractivity contribution in [2.45, 2.75) is 26.9 Å². The van der Waals surface area contributed by atoms with Gasteiger partial charge >= 0.3 is 0 Å². The number of nitrogens with one attached hydrogen (secondary N) is 1. The van der Waals surface area contributed by atoms with Gasteiger partial charge in [-0.15, -0.1) is 0 Å². The summed E-state index contributed by atoms with van der Waals surface area (Å²) in [5.74, 6) is 0.792. The summed E-state index contributed by atoms with van der Waals surface area (Å²) in [5, 5.41) is 13.3. The van der Waals surface area contributed by atoms with Gasteiger partial charge in [-0.2, -0.15) is 0 Å². The number of ether oxygens (including phenoxy) is 1. The van der Waals surface area contributed by atoms with Crippen LogP contribution in [0.3, 0.4) is 0 Å². The molecule has 2 aromatic rings. The molecule has 2 aromatic carbocycles. The van der Waals surface area contributed by atoms with Gasteiger partial charge in [0, 0.05) is 12.2 Å². The standard InChI is InChI=1S/C18H23NO2/c1-13-5-4-6-17(9-13)21-12-16(20)11-19-18-10-14(2)7-8-15(18)3/h4-10,16,19-20H,11-12H2,1-3H3. The summed E-state index contributed by atoms with van der Waals surface area (Å²) in [7, 11) is 0. The molecule has 0 fully saturated rings. The Morgan fingerprint density at radius 2 is 1.81 bits per heavy atom. The Morgan fingerprint density at radius 1 is 1.05 bits per heavy atom. The Morgan fingerprint density at radius 3 is 2.57 bits per heavy atom. The molecule has 2 rings (SSSR count). The highest BCUT2D eigenvalue weighted by atomic mass is 16.5. The summed E-state index contributed by atoms with van der Waals surface area (Å²) >= 11 is 0. The molecule has 21 heavy (non-hydrogen) atoms. The average molecular weight is 285 g/mol. The van der Waals surface area contributed by atoms with Crippen LogP contribution in [0.15, 0.2) is 42.5 Å². The van der Waals surface area contributed by atoms with Gasteiger partial charge in [-0.1, -0.05) is 24.3 Å². The second kappa shape index (κ2) is 7.14. The second-order valence-electron chi connectivity index (χ2n) is 5.48. The molecule has 0 aromatic heterocycles. The quantitative estimate of drug-likeness (QED) is 0.854. The van der Waals surface area contributed by atoms with Gasteiger partial charge in [0.05, 0.1) is 0 Å². The van der Waals surface area contributed by atoms with E-state index in [-0.39, 0.29) is 6.61 Å². The van der Waals surface area contributed by atoms with Crippen LogP contribution in [0.2, 0.25) is 0 Å². The summed E-state index contributed by atoms with van der Waals surface area (Å²) in [6.45, 7) is 6.88. The fraction of sp³-hybridized carbons (Fsp3) is 0.333. The van der Waals surface area contributed by atoms with Gasteiger partial charge in [-0.3, -0.25) is 0 Å². The third-order valence-electron chi connectivity index (χ3n) is 3.35. The minimum absolute atomic E-state index is 0.279. The molecule has 0 saturated heterocycles. The van der Waals surface area contributed by atoms with E-state index in [1.165, 1.54) is 11.1 Å². The molecule has 3 nitrogen and oxygen atoms in total. The first-order valence-electron chi connectivity index (χ1n) is 7.23. The van der Waals surface area contributed by atoms with Crippen molar-refractivity contribution in [1.29, 1.82) is 0 Å². The van der Waals surface area contributed by atoms with Crippen LogP contribution in [0.5, 0.6) is 5.75 Å². The maximum Gasteiger partial charge on any atom is 0.119 e. The van der Waals surface area contributed by atoms with E-state index in [0.717, 1.165) is 17.0 Å². The van der Waals surface area contributed by atoms with Crippen molar-refractivity contribution in [3.63, 3.8) is 0 Å². The van der Waals surface area contributed by atoms with Gasteiger partial charge in [0.1, 0.15) is 18.5 Å². The van der Waals surface area contributed by atoms with E-state index in [0.29, 0.717) is 6.54 Å². The molecule has 0 spiro atoms. The van der Waals surface area contributed by atoms with E-state index in [1.807, 2.05) is 31.2 Å². The number of aryl methyl sites for hydroxylation is 3. The molecule has 0 aliphatic rings. The minimum atomic E-state index is -0.551. The molecule has 2 N–H and O–H groups in total. The van der Waals surface area contributed by atoms with E-state index in [2.05, 4.69) is 37.4 Å². The van der Waals surface area contributed by atoms with Crippen molar-refractivity contribution >= 4 is 5.69 Å². The molecule has 0 bridgehead atoms. The zero-order chi connectivity index (χ0) is 15.2. The number of aliphatic hydroxyl groups is 1. The molecule has 3 heteroatoms. The second-order valence-corrected chi connectivity index (χ2v) is 5.48. The Hall–Kier alpha value is -2.00. The third kappa shape index (κ3) is 4.80. The molecular formula is C18H23NO2. The lowest BCUT2D eigenvalue weighted by Crippen LogP contribution is -2.26. The molecular weight excluding hydrogens is 262 g/mol. The van der Waals surface area contributed by atoms with E-state index < -0.39 is 6.10 Å². The first kappa shape index (κ1) is 15.4. The number of rotatable bonds is 6. The summed E-state index contributed by atoms with van der Waals surface area (Å²) in [5.41, 5.74) is 4.58. The van der Waals surface area contributed by atoms with Crippen LogP contribution in [0, 0.1) is 20.8 Å². The van der Waals surface area contributed by atoms with E-state index in [4.69, 9.17) is 4.74 Å². The van der Waals surface area contributed by atoms with Crippen molar-refractivity contribution in [2.75, 3.05) is 18.5 Å². The molecule has 1 atom stereocenters. The SMILES string of the molecule is Cc1cccc(OCC(O)CNc2cc(C)ccc2C)c1. The molecule has 0 radical (unpaired) electrons. The highest BCUT2D eigenvalue weighted by molar-refractivity contribution is 5.52. The summed E-state index contributed by atoms with van der Waals surface area (Å²) in [6, 6.07) is 14.1. The predicted molar refractivity (Wildman–Crippen MR) is 87.1 cm³/mol. The molecule has 0 aliphatic heterocycles. The van der Waals surface area contributed by atoms with Crippen molar-refractivity contribution in [3.05, 3.63) is 59.2 Å². The van der Waals surface area contributed by atoms with Crippen molar-refractivity contribution in [3.8, 4) is 5.75 Å². The summed E-state index contributed by atoms with van der Waals surface area (Å²) in [4.78, 5) is 0. The highest BCUT2D eigenvalue weighted by Gasteiger charge is 2.06. The topological polar surface area (TPSA) is 41.5 Å². The highest BCUT2D eigenvalue weighted by Crippen LogP contribution is 2.16. The predicted octanol–water partition coefficient (Wildman–Crippen LogP) is 3.46. The Labute approximate surface area is 126 Å². The van der Waals surface area contributed by atoms with Crippen molar-refractivity contribution < 1.29 is 9.84 Å². The van der Waals surface area contributed by atoms with Crippen LogP contribution in [0.1, 0.15) is 16.7 Å². The smallest absolute Gasteiger partial charge is 0.119 e. The first-order chi connectivity index (χ1) is 10.0. The molecule has 0 heterocycles. The number of anilines is 1. The normalized spacial score (nSPS) is 12.0. The van der Waals surface area contributed by atoms with Gasteiger partial charge in [-0.05, 0) is 55.7 Å². The summed E-state index contributed by atoms with van der Waals surface area (Å²) in [6.07, 6.45) is -0.551. The number of benzene rings is 2. The molecule has 0 saturated carbocycles. The van der Waals surface area contributed by atoms with Gasteiger partial charge in [-0.25, -0.2) is 0 Å². The lowest BCUT2D eigenvalue weighted by atomic mass is 10.1. The first-order valence-corrected chi connectivity index (χ1v) is 7.23. The van der Waals surface area contributed by atoms with Crippen LogP contribution in [-0.2, 0) is 0 Å². The zero-order valence-corrected chi connectivity index (χ0v) is 12.9. The molecule has 0 amide bonds. The maximum absolute atomic E-state index is 10.0. The Kier molecular flexibility index (Phi) is 5.23. The lowest BCUT2D eigenvalue weighted by molar-refractivity contribution is 0.117. The Balaban J connectivity index is 1.82. The molecule has 112 valence electrons. The molecule has 1 unspecified atom stereocenters. The maximum atomic E-state index is 10.0. The van der Waals surface area contributed by atoms with Crippen LogP contribution in [-0.4, -0.2) is 24.4 Å². The van der Waals surface area contributed by atoms with Crippen LogP contribution in [0.25, 0.3) is 0 Å². The zero-order valence-electron chi connectivity index (χ0n) is 12.9. The molecule has 0 aliphatic carbocycles. The van der Waals surface area contributed by atoms with Crippen LogP contribution < -0.4 is 10.1 Å². The van der Waals surface area contributed by atoms with Gasteiger partial charge in [0.2, 0.25) is 0 Å².